The lowest BCUT2D eigenvalue weighted by Crippen LogP contribution is -2.44. The maximum absolute atomic E-state index is 14.3. The molecule has 1 N–H and O–H groups in total. The largest absolute Gasteiger partial charge is 0.444 e. The van der Waals surface area contributed by atoms with Crippen molar-refractivity contribution in [2.75, 3.05) is 0 Å². The minimum Gasteiger partial charge on any atom is -0.444 e. The Hall–Kier alpha value is -2.11. The van der Waals surface area contributed by atoms with Gasteiger partial charge >= 0.3 is 6.09 Å². The molecule has 0 saturated heterocycles. The van der Waals surface area contributed by atoms with Gasteiger partial charge in [-0.1, -0.05) is 0 Å². The quantitative estimate of drug-likeness (QED) is 0.919. The Morgan fingerprint density at radius 3 is 2.58 bits per heavy atom. The summed E-state index contributed by atoms with van der Waals surface area (Å²) in [6, 6.07) is 3.09. The molecule has 0 bridgehead atoms. The van der Waals surface area contributed by atoms with Crippen LogP contribution in [0.5, 0.6) is 0 Å². The smallest absolute Gasteiger partial charge is 0.408 e. The van der Waals surface area contributed by atoms with Crippen molar-refractivity contribution in [1.29, 1.82) is 0 Å². The number of aromatic nitrogens is 2. The molecular formula is C18H24FN3O2. The lowest BCUT2D eigenvalue weighted by molar-refractivity contribution is 0.0465. The fourth-order valence-electron chi connectivity index (χ4n) is 2.82. The van der Waals surface area contributed by atoms with Gasteiger partial charge in [0.2, 0.25) is 0 Å². The van der Waals surface area contributed by atoms with E-state index in [1.54, 1.807) is 16.7 Å². The molecule has 0 spiro atoms. The Morgan fingerprint density at radius 2 is 2.00 bits per heavy atom. The molecule has 0 unspecified atom stereocenters. The number of ether oxygens (including phenoxy) is 1. The van der Waals surface area contributed by atoms with Crippen LogP contribution in [-0.4, -0.2) is 21.1 Å². The number of hydrogen-bond acceptors (Lipinski definition) is 3. The average molecular weight is 333 g/mol. The molecule has 0 atom stereocenters. The van der Waals surface area contributed by atoms with E-state index in [0.717, 1.165) is 18.5 Å². The number of nitrogens with zero attached hydrogens (tertiary/aromatic N) is 2. The number of amides is 1. The maximum atomic E-state index is 14.3. The molecule has 1 aliphatic rings. The van der Waals surface area contributed by atoms with Gasteiger partial charge in [0.15, 0.2) is 0 Å². The predicted octanol–water partition coefficient (Wildman–Crippen LogP) is 4.11. The van der Waals surface area contributed by atoms with E-state index in [-0.39, 0.29) is 5.82 Å². The van der Waals surface area contributed by atoms with Crippen LogP contribution in [0.3, 0.4) is 0 Å². The van der Waals surface area contributed by atoms with Crippen molar-refractivity contribution < 1.29 is 13.9 Å². The number of nitrogens with one attached hydrogen (secondary N) is 1. The summed E-state index contributed by atoms with van der Waals surface area (Å²) in [5, 5.41) is 2.85. The normalized spacial score (nSPS) is 15.6. The monoisotopic (exact) mass is 333 g/mol. The third kappa shape index (κ3) is 3.23. The predicted molar refractivity (Wildman–Crippen MR) is 89.5 cm³/mol. The summed E-state index contributed by atoms with van der Waals surface area (Å²) in [5.41, 5.74) is -0.0945. The minimum atomic E-state index is -0.799. The molecule has 2 aromatic rings. The third-order valence-corrected chi connectivity index (χ3v) is 3.98. The van der Waals surface area contributed by atoms with Gasteiger partial charge in [-0.15, -0.1) is 0 Å². The van der Waals surface area contributed by atoms with E-state index >= 15 is 0 Å². The number of hydrogen-bond donors (Lipinski definition) is 1. The summed E-state index contributed by atoms with van der Waals surface area (Å²) in [4.78, 5) is 16.8. The second-order valence-electron chi connectivity index (χ2n) is 7.92. The maximum Gasteiger partial charge on any atom is 0.408 e. The lowest BCUT2D eigenvalue weighted by atomic mass is 10.1. The van der Waals surface area contributed by atoms with Crippen molar-refractivity contribution in [2.24, 2.45) is 0 Å². The molecule has 24 heavy (non-hydrogen) atoms. The van der Waals surface area contributed by atoms with E-state index in [4.69, 9.17) is 4.74 Å². The molecule has 2 heterocycles. The van der Waals surface area contributed by atoms with Crippen molar-refractivity contribution in [1.82, 2.24) is 14.7 Å². The lowest BCUT2D eigenvalue weighted by Gasteiger charge is -2.27. The Balaban J connectivity index is 1.99. The summed E-state index contributed by atoms with van der Waals surface area (Å²) in [6.45, 7) is 9.11. The zero-order chi connectivity index (χ0) is 17.7. The van der Waals surface area contributed by atoms with Crippen LogP contribution in [0.1, 0.15) is 64.9 Å². The van der Waals surface area contributed by atoms with Gasteiger partial charge in [0.05, 0.1) is 11.2 Å². The number of imidazole rings is 1. The molecule has 6 heteroatoms. The Morgan fingerprint density at radius 1 is 1.33 bits per heavy atom. The molecule has 130 valence electrons. The van der Waals surface area contributed by atoms with Crippen LogP contribution in [0.15, 0.2) is 18.3 Å². The summed E-state index contributed by atoms with van der Waals surface area (Å²) in [7, 11) is 0. The molecular weight excluding hydrogens is 309 g/mol. The second kappa shape index (κ2) is 5.46. The number of halogens is 1. The highest BCUT2D eigenvalue weighted by Crippen LogP contribution is 2.43. The van der Waals surface area contributed by atoms with Crippen LogP contribution in [0.4, 0.5) is 9.18 Å². The first kappa shape index (κ1) is 16.7. The Labute approximate surface area is 141 Å². The van der Waals surface area contributed by atoms with Crippen molar-refractivity contribution in [2.45, 2.75) is 64.5 Å². The highest BCUT2D eigenvalue weighted by molar-refractivity contribution is 5.69. The standard InChI is InChI=1S/C18H24FN3O2/c1-17(2,3)24-16(23)21-18(4,5)15-20-13(11-8-9-11)14-12(19)7-6-10-22(14)15/h6-7,10-11H,8-9H2,1-5H3,(H,21,23). The van der Waals surface area contributed by atoms with Crippen LogP contribution in [0.2, 0.25) is 0 Å². The van der Waals surface area contributed by atoms with E-state index in [0.29, 0.717) is 17.3 Å². The van der Waals surface area contributed by atoms with Crippen LogP contribution >= 0.6 is 0 Å². The summed E-state index contributed by atoms with van der Waals surface area (Å²) in [5.74, 6) is 0.624. The highest BCUT2D eigenvalue weighted by atomic mass is 19.1. The van der Waals surface area contributed by atoms with Gasteiger partial charge in [0, 0.05) is 12.1 Å². The van der Waals surface area contributed by atoms with Gasteiger partial charge in [0.1, 0.15) is 22.8 Å². The number of alkyl carbamates (subject to hydrolysis) is 1. The third-order valence-electron chi connectivity index (χ3n) is 3.98. The van der Waals surface area contributed by atoms with Gasteiger partial charge in [-0.2, -0.15) is 0 Å². The molecule has 2 aromatic heterocycles. The first-order valence-electron chi connectivity index (χ1n) is 8.26. The first-order chi connectivity index (χ1) is 11.1. The van der Waals surface area contributed by atoms with E-state index in [2.05, 4.69) is 10.3 Å². The molecule has 0 radical (unpaired) electrons. The van der Waals surface area contributed by atoms with Crippen LogP contribution in [0, 0.1) is 5.82 Å². The van der Waals surface area contributed by atoms with Gasteiger partial charge in [-0.3, -0.25) is 4.40 Å². The molecule has 1 saturated carbocycles. The number of carbonyl (C=O) groups is 1. The number of rotatable bonds is 3. The molecule has 3 rings (SSSR count). The second-order valence-corrected chi connectivity index (χ2v) is 7.92. The molecule has 1 fully saturated rings. The summed E-state index contributed by atoms with van der Waals surface area (Å²) >= 11 is 0. The van der Waals surface area contributed by atoms with Gasteiger partial charge < -0.3 is 10.1 Å². The van der Waals surface area contributed by atoms with E-state index in [1.165, 1.54) is 6.07 Å². The molecule has 0 aromatic carbocycles. The summed E-state index contributed by atoms with van der Waals surface area (Å²) in [6.07, 6.45) is 3.32. The van der Waals surface area contributed by atoms with Gasteiger partial charge in [-0.05, 0) is 59.6 Å². The number of carbonyl (C=O) groups excluding carboxylic acids is 1. The van der Waals surface area contributed by atoms with Crippen molar-refractivity contribution >= 4 is 11.6 Å². The van der Waals surface area contributed by atoms with Gasteiger partial charge in [-0.25, -0.2) is 14.2 Å². The van der Waals surface area contributed by atoms with Crippen molar-refractivity contribution in [3.8, 4) is 0 Å². The van der Waals surface area contributed by atoms with E-state index < -0.39 is 17.2 Å². The SMILES string of the molecule is CC(C)(C)OC(=O)NC(C)(C)c1nc(C2CC2)c2c(F)cccn12. The van der Waals surface area contributed by atoms with E-state index in [1.807, 2.05) is 34.6 Å². The van der Waals surface area contributed by atoms with Crippen molar-refractivity contribution in [3.63, 3.8) is 0 Å². The minimum absolute atomic E-state index is 0.286. The highest BCUT2D eigenvalue weighted by Gasteiger charge is 2.35. The van der Waals surface area contributed by atoms with E-state index in [9.17, 15) is 9.18 Å². The van der Waals surface area contributed by atoms with Gasteiger partial charge in [0.25, 0.3) is 0 Å². The van der Waals surface area contributed by atoms with Crippen LogP contribution in [0.25, 0.3) is 5.52 Å². The molecule has 1 amide bonds. The van der Waals surface area contributed by atoms with Crippen LogP contribution in [-0.2, 0) is 10.3 Å². The zero-order valence-corrected chi connectivity index (χ0v) is 14.8. The topological polar surface area (TPSA) is 55.6 Å². The van der Waals surface area contributed by atoms with Crippen LogP contribution < -0.4 is 5.32 Å². The Bertz CT molecular complexity index is 785. The number of fused-ring (bicyclic) bond motifs is 1. The fourth-order valence-corrected chi connectivity index (χ4v) is 2.82. The fraction of sp³-hybridized carbons (Fsp3) is 0.556. The Kier molecular flexibility index (Phi) is 3.81. The average Bonchev–Trinajstić information content (AvgIpc) is 3.16. The summed E-state index contributed by atoms with van der Waals surface area (Å²) < 4.78 is 21.4. The first-order valence-corrected chi connectivity index (χ1v) is 8.26. The molecule has 0 aliphatic heterocycles. The molecule has 5 nitrogen and oxygen atoms in total. The zero-order valence-electron chi connectivity index (χ0n) is 14.8. The van der Waals surface area contributed by atoms with Crippen molar-refractivity contribution in [3.05, 3.63) is 35.7 Å². The molecule has 1 aliphatic carbocycles. The number of pyridine rings is 1.